The Morgan fingerprint density at radius 3 is 2.47 bits per heavy atom. The highest BCUT2D eigenvalue weighted by molar-refractivity contribution is 7.99. The van der Waals surface area contributed by atoms with E-state index in [-0.39, 0.29) is 6.04 Å². The summed E-state index contributed by atoms with van der Waals surface area (Å²) in [5.41, 5.74) is 10.1. The average Bonchev–Trinajstić information content (AvgIpc) is 2.43. The molecule has 2 heteroatoms. The maximum Gasteiger partial charge on any atom is 0.0303 e. The first-order valence-corrected chi connectivity index (χ1v) is 7.53. The second-order valence-corrected chi connectivity index (χ2v) is 6.02. The molecular weight excluding hydrogens is 250 g/mol. The predicted octanol–water partition coefficient (Wildman–Crippen LogP) is 4.86. The largest absolute Gasteiger partial charge is 0.324 e. The van der Waals surface area contributed by atoms with Crippen molar-refractivity contribution in [2.24, 2.45) is 5.73 Å². The molecule has 0 unspecified atom stereocenters. The van der Waals surface area contributed by atoms with Gasteiger partial charge >= 0.3 is 0 Å². The van der Waals surface area contributed by atoms with Crippen LogP contribution in [0.1, 0.15) is 36.1 Å². The van der Waals surface area contributed by atoms with Gasteiger partial charge in [-0.2, -0.15) is 0 Å². The van der Waals surface area contributed by atoms with E-state index in [0.717, 1.165) is 6.42 Å². The van der Waals surface area contributed by atoms with Gasteiger partial charge < -0.3 is 5.73 Å². The highest BCUT2D eigenvalue weighted by Gasteiger charge is 2.10. The molecule has 0 aliphatic heterocycles. The summed E-state index contributed by atoms with van der Waals surface area (Å²) < 4.78 is 0. The van der Waals surface area contributed by atoms with E-state index in [1.807, 2.05) is 0 Å². The minimum Gasteiger partial charge on any atom is -0.324 e. The van der Waals surface area contributed by atoms with Crippen LogP contribution in [-0.2, 0) is 0 Å². The van der Waals surface area contributed by atoms with E-state index < -0.39 is 0 Å². The van der Waals surface area contributed by atoms with E-state index in [2.05, 4.69) is 63.2 Å². The molecule has 0 radical (unpaired) electrons. The van der Waals surface area contributed by atoms with Crippen molar-refractivity contribution in [3.05, 3.63) is 59.2 Å². The van der Waals surface area contributed by atoms with Crippen LogP contribution in [-0.4, -0.2) is 0 Å². The first kappa shape index (κ1) is 14.2. The van der Waals surface area contributed by atoms with Crippen LogP contribution >= 0.6 is 11.8 Å². The molecule has 0 heterocycles. The summed E-state index contributed by atoms with van der Waals surface area (Å²) in [6.45, 7) is 6.43. The Hall–Kier alpha value is -1.25. The SMILES string of the molecule is CC[C@H](N)c1ccccc1Sc1ccc(C)c(C)c1. The van der Waals surface area contributed by atoms with E-state index in [0.29, 0.717) is 0 Å². The Kier molecular flexibility index (Phi) is 4.67. The zero-order valence-corrected chi connectivity index (χ0v) is 12.6. The molecule has 0 bridgehead atoms. The third kappa shape index (κ3) is 3.40. The van der Waals surface area contributed by atoms with Crippen LogP contribution in [0.15, 0.2) is 52.3 Å². The summed E-state index contributed by atoms with van der Waals surface area (Å²) in [4.78, 5) is 2.54. The highest BCUT2D eigenvalue weighted by atomic mass is 32.2. The van der Waals surface area contributed by atoms with E-state index in [9.17, 15) is 0 Å². The lowest BCUT2D eigenvalue weighted by molar-refractivity contribution is 0.685. The minimum atomic E-state index is 0.121. The lowest BCUT2D eigenvalue weighted by Gasteiger charge is -2.14. The molecule has 2 aromatic carbocycles. The fraction of sp³-hybridized carbons (Fsp3) is 0.294. The Morgan fingerprint density at radius 2 is 1.79 bits per heavy atom. The summed E-state index contributed by atoms with van der Waals surface area (Å²) in [6.07, 6.45) is 0.963. The molecule has 19 heavy (non-hydrogen) atoms. The van der Waals surface area contributed by atoms with Gasteiger partial charge in [-0.25, -0.2) is 0 Å². The van der Waals surface area contributed by atoms with Gasteiger partial charge in [-0.1, -0.05) is 43.0 Å². The zero-order chi connectivity index (χ0) is 13.8. The lowest BCUT2D eigenvalue weighted by Crippen LogP contribution is -2.09. The van der Waals surface area contributed by atoms with Crippen LogP contribution in [0.4, 0.5) is 0 Å². The van der Waals surface area contributed by atoms with Gasteiger partial charge in [0.05, 0.1) is 0 Å². The standard InChI is InChI=1S/C17H21NS/c1-4-16(18)15-7-5-6-8-17(15)19-14-10-9-12(2)13(3)11-14/h5-11,16H,4,18H2,1-3H3/t16-/m0/s1. The zero-order valence-electron chi connectivity index (χ0n) is 11.8. The van der Waals surface area contributed by atoms with Crippen molar-refractivity contribution in [1.29, 1.82) is 0 Å². The maximum absolute atomic E-state index is 6.19. The van der Waals surface area contributed by atoms with Crippen LogP contribution in [0.5, 0.6) is 0 Å². The highest BCUT2D eigenvalue weighted by Crippen LogP contribution is 2.34. The van der Waals surface area contributed by atoms with E-state index in [4.69, 9.17) is 5.73 Å². The smallest absolute Gasteiger partial charge is 0.0303 e. The third-order valence-corrected chi connectivity index (χ3v) is 4.55. The summed E-state index contributed by atoms with van der Waals surface area (Å²) in [5.74, 6) is 0. The molecule has 0 aliphatic carbocycles. The minimum absolute atomic E-state index is 0.121. The number of hydrogen-bond acceptors (Lipinski definition) is 2. The molecule has 0 saturated heterocycles. The van der Waals surface area contributed by atoms with Gasteiger partial charge in [-0.05, 0) is 55.2 Å². The molecule has 0 spiro atoms. The molecule has 0 aromatic heterocycles. The first-order valence-electron chi connectivity index (χ1n) is 6.71. The normalized spacial score (nSPS) is 12.4. The molecule has 100 valence electrons. The lowest BCUT2D eigenvalue weighted by atomic mass is 10.1. The number of aryl methyl sites for hydroxylation is 2. The number of hydrogen-bond donors (Lipinski definition) is 1. The third-order valence-electron chi connectivity index (χ3n) is 3.46. The first-order chi connectivity index (χ1) is 9.11. The Bertz CT molecular complexity index is 563. The molecule has 1 atom stereocenters. The molecule has 0 aliphatic rings. The Morgan fingerprint density at radius 1 is 1.05 bits per heavy atom. The number of nitrogens with two attached hydrogens (primary N) is 1. The van der Waals surface area contributed by atoms with Gasteiger partial charge in [0.25, 0.3) is 0 Å². The van der Waals surface area contributed by atoms with Gasteiger partial charge in [0.2, 0.25) is 0 Å². The second-order valence-electron chi connectivity index (χ2n) is 4.90. The Balaban J connectivity index is 2.30. The fourth-order valence-corrected chi connectivity index (χ4v) is 3.11. The van der Waals surface area contributed by atoms with Gasteiger partial charge in [0.1, 0.15) is 0 Å². The van der Waals surface area contributed by atoms with Crippen molar-refractivity contribution in [3.63, 3.8) is 0 Å². The van der Waals surface area contributed by atoms with Crippen LogP contribution in [0.25, 0.3) is 0 Å². The molecule has 2 N–H and O–H groups in total. The predicted molar refractivity (Wildman–Crippen MR) is 83.7 cm³/mol. The molecule has 2 aromatic rings. The van der Waals surface area contributed by atoms with Crippen LogP contribution in [0, 0.1) is 13.8 Å². The summed E-state index contributed by atoms with van der Waals surface area (Å²) in [7, 11) is 0. The van der Waals surface area contributed by atoms with Gasteiger partial charge in [0, 0.05) is 15.8 Å². The molecule has 2 rings (SSSR count). The van der Waals surface area contributed by atoms with E-state index in [1.165, 1.54) is 26.5 Å². The molecule has 0 amide bonds. The van der Waals surface area contributed by atoms with E-state index in [1.54, 1.807) is 11.8 Å². The summed E-state index contributed by atoms with van der Waals surface area (Å²) >= 11 is 1.80. The van der Waals surface area contributed by atoms with Crippen molar-refractivity contribution >= 4 is 11.8 Å². The topological polar surface area (TPSA) is 26.0 Å². The van der Waals surface area contributed by atoms with Gasteiger partial charge in [-0.15, -0.1) is 0 Å². The average molecular weight is 271 g/mol. The van der Waals surface area contributed by atoms with Crippen molar-refractivity contribution in [1.82, 2.24) is 0 Å². The van der Waals surface area contributed by atoms with Crippen molar-refractivity contribution in [2.75, 3.05) is 0 Å². The Labute approximate surface area is 120 Å². The van der Waals surface area contributed by atoms with Crippen molar-refractivity contribution in [2.45, 2.75) is 43.0 Å². The summed E-state index contributed by atoms with van der Waals surface area (Å²) in [5, 5.41) is 0. The number of benzene rings is 2. The quantitative estimate of drug-likeness (QED) is 0.859. The molecule has 0 fully saturated rings. The molecule has 1 nitrogen and oxygen atoms in total. The monoisotopic (exact) mass is 271 g/mol. The van der Waals surface area contributed by atoms with Crippen molar-refractivity contribution < 1.29 is 0 Å². The fourth-order valence-electron chi connectivity index (χ4n) is 2.00. The molecular formula is C17H21NS. The van der Waals surface area contributed by atoms with Crippen molar-refractivity contribution in [3.8, 4) is 0 Å². The van der Waals surface area contributed by atoms with Crippen LogP contribution < -0.4 is 5.73 Å². The molecule has 0 saturated carbocycles. The number of rotatable bonds is 4. The van der Waals surface area contributed by atoms with E-state index >= 15 is 0 Å². The maximum atomic E-state index is 6.19. The second kappa shape index (κ2) is 6.27. The van der Waals surface area contributed by atoms with Crippen LogP contribution in [0.2, 0.25) is 0 Å². The van der Waals surface area contributed by atoms with Gasteiger partial charge in [0.15, 0.2) is 0 Å². The summed E-state index contributed by atoms with van der Waals surface area (Å²) in [6, 6.07) is 15.2. The van der Waals surface area contributed by atoms with Crippen LogP contribution in [0.3, 0.4) is 0 Å². The van der Waals surface area contributed by atoms with Gasteiger partial charge in [-0.3, -0.25) is 0 Å².